The summed E-state index contributed by atoms with van der Waals surface area (Å²) in [7, 11) is 0. The van der Waals surface area contributed by atoms with Crippen LogP contribution < -0.4 is 0 Å². The Labute approximate surface area is 125 Å². The minimum Gasteiger partial charge on any atom is -0.330 e. The number of carbonyl (C=O) groups excluding carboxylic acids is 1. The van der Waals surface area contributed by atoms with E-state index in [0.29, 0.717) is 18.7 Å². The molecule has 0 aromatic heterocycles. The second kappa shape index (κ2) is 5.18. The molecule has 0 saturated heterocycles. The number of benzene rings is 2. The van der Waals surface area contributed by atoms with E-state index >= 15 is 0 Å². The number of nitro benzene ring substituents is 1. The number of fused-ring (bicyclic) bond motifs is 1. The van der Waals surface area contributed by atoms with Crippen LogP contribution >= 0.6 is 11.6 Å². The van der Waals surface area contributed by atoms with E-state index in [1.807, 2.05) is 24.3 Å². The van der Waals surface area contributed by atoms with Crippen molar-refractivity contribution in [1.29, 1.82) is 0 Å². The Kier molecular flexibility index (Phi) is 3.35. The van der Waals surface area contributed by atoms with Crippen molar-refractivity contribution in [2.45, 2.75) is 13.1 Å². The Morgan fingerprint density at radius 1 is 1.14 bits per heavy atom. The van der Waals surface area contributed by atoms with Crippen molar-refractivity contribution in [2.75, 3.05) is 0 Å². The molecule has 1 amide bonds. The van der Waals surface area contributed by atoms with Gasteiger partial charge in [0.25, 0.3) is 11.6 Å². The summed E-state index contributed by atoms with van der Waals surface area (Å²) in [5.41, 5.74) is 2.41. The molecule has 0 atom stereocenters. The molecule has 3 rings (SSSR count). The third-order valence-electron chi connectivity index (χ3n) is 3.52. The normalized spacial score (nSPS) is 13.1. The number of hydrogen-bond donors (Lipinski definition) is 0. The summed E-state index contributed by atoms with van der Waals surface area (Å²) in [5.74, 6) is -0.178. The molecular weight excluding hydrogens is 292 g/mol. The second-order valence-electron chi connectivity index (χ2n) is 4.85. The van der Waals surface area contributed by atoms with E-state index in [1.165, 1.54) is 18.2 Å². The summed E-state index contributed by atoms with van der Waals surface area (Å²) in [6.45, 7) is 1.09. The maximum Gasteiger partial charge on any atom is 0.287 e. The zero-order chi connectivity index (χ0) is 15.0. The second-order valence-corrected chi connectivity index (χ2v) is 5.26. The van der Waals surface area contributed by atoms with Crippen LogP contribution in [0.2, 0.25) is 5.02 Å². The van der Waals surface area contributed by atoms with Gasteiger partial charge in [-0.1, -0.05) is 35.9 Å². The molecule has 1 aliphatic rings. The van der Waals surface area contributed by atoms with E-state index in [-0.39, 0.29) is 16.6 Å². The third kappa shape index (κ3) is 2.48. The first-order valence-corrected chi connectivity index (χ1v) is 6.74. The van der Waals surface area contributed by atoms with Gasteiger partial charge < -0.3 is 4.90 Å². The number of nitro groups is 1. The van der Waals surface area contributed by atoms with Crippen LogP contribution in [0.5, 0.6) is 0 Å². The molecule has 6 heteroatoms. The Bertz CT molecular complexity index is 720. The first-order valence-electron chi connectivity index (χ1n) is 6.36. The summed E-state index contributed by atoms with van der Waals surface area (Å²) < 4.78 is 0. The van der Waals surface area contributed by atoms with Crippen molar-refractivity contribution in [2.24, 2.45) is 0 Å². The minimum absolute atomic E-state index is 0.0254. The lowest BCUT2D eigenvalue weighted by molar-refractivity contribution is -0.384. The molecule has 0 bridgehead atoms. The van der Waals surface area contributed by atoms with Gasteiger partial charge in [0.05, 0.1) is 4.92 Å². The SMILES string of the molecule is O=C(c1ccc([N+](=O)[O-])c(Cl)c1)N1Cc2ccccc2C1. The molecule has 1 heterocycles. The number of hydrogen-bond acceptors (Lipinski definition) is 3. The summed E-state index contributed by atoms with van der Waals surface area (Å²) in [5, 5.41) is 10.7. The first kappa shape index (κ1) is 13.6. The van der Waals surface area contributed by atoms with Crippen LogP contribution in [0.3, 0.4) is 0 Å². The van der Waals surface area contributed by atoms with Crippen LogP contribution in [-0.4, -0.2) is 15.7 Å². The molecular formula is C15H11ClN2O3. The molecule has 2 aromatic carbocycles. The fourth-order valence-corrected chi connectivity index (χ4v) is 2.70. The molecule has 0 saturated carbocycles. The van der Waals surface area contributed by atoms with Gasteiger partial charge in [0, 0.05) is 24.7 Å². The van der Waals surface area contributed by atoms with E-state index in [4.69, 9.17) is 11.6 Å². The Hall–Kier alpha value is -2.40. The quantitative estimate of drug-likeness (QED) is 0.631. The largest absolute Gasteiger partial charge is 0.330 e. The smallest absolute Gasteiger partial charge is 0.287 e. The molecule has 2 aromatic rings. The highest BCUT2D eigenvalue weighted by molar-refractivity contribution is 6.33. The summed E-state index contributed by atoms with van der Waals surface area (Å²) in [6.07, 6.45) is 0. The molecule has 106 valence electrons. The van der Waals surface area contributed by atoms with Crippen molar-refractivity contribution >= 4 is 23.2 Å². The van der Waals surface area contributed by atoms with Gasteiger partial charge in [0.2, 0.25) is 0 Å². The number of rotatable bonds is 2. The van der Waals surface area contributed by atoms with Gasteiger partial charge in [0.1, 0.15) is 5.02 Å². The summed E-state index contributed by atoms with van der Waals surface area (Å²) in [6, 6.07) is 11.9. The zero-order valence-electron chi connectivity index (χ0n) is 11.0. The van der Waals surface area contributed by atoms with Crippen molar-refractivity contribution in [3.63, 3.8) is 0 Å². The Balaban J connectivity index is 1.84. The maximum absolute atomic E-state index is 12.4. The molecule has 0 spiro atoms. The van der Waals surface area contributed by atoms with Crippen LogP contribution in [0.1, 0.15) is 21.5 Å². The van der Waals surface area contributed by atoms with E-state index in [9.17, 15) is 14.9 Å². The van der Waals surface area contributed by atoms with Crippen LogP contribution in [0.15, 0.2) is 42.5 Å². The highest BCUT2D eigenvalue weighted by atomic mass is 35.5. The van der Waals surface area contributed by atoms with Crippen molar-refractivity contribution in [1.82, 2.24) is 4.90 Å². The first-order chi connectivity index (χ1) is 10.1. The molecule has 0 fully saturated rings. The Morgan fingerprint density at radius 2 is 1.76 bits per heavy atom. The van der Waals surface area contributed by atoms with Crippen molar-refractivity contribution in [3.05, 3.63) is 74.3 Å². The fourth-order valence-electron chi connectivity index (χ4n) is 2.45. The molecule has 0 N–H and O–H groups in total. The highest BCUT2D eigenvalue weighted by Gasteiger charge is 2.25. The average Bonchev–Trinajstić information content (AvgIpc) is 2.89. The van der Waals surface area contributed by atoms with Crippen molar-refractivity contribution in [3.8, 4) is 0 Å². The maximum atomic E-state index is 12.4. The zero-order valence-corrected chi connectivity index (χ0v) is 11.7. The lowest BCUT2D eigenvalue weighted by Gasteiger charge is -2.15. The lowest BCUT2D eigenvalue weighted by Crippen LogP contribution is -2.25. The van der Waals surface area contributed by atoms with Crippen LogP contribution in [0, 0.1) is 10.1 Å². The van der Waals surface area contributed by atoms with Crippen LogP contribution in [-0.2, 0) is 13.1 Å². The topological polar surface area (TPSA) is 63.4 Å². The average molecular weight is 303 g/mol. The fraction of sp³-hybridized carbons (Fsp3) is 0.133. The number of halogens is 1. The van der Waals surface area contributed by atoms with Gasteiger partial charge in [-0.25, -0.2) is 0 Å². The van der Waals surface area contributed by atoms with Gasteiger partial charge in [-0.2, -0.15) is 0 Å². The van der Waals surface area contributed by atoms with Crippen LogP contribution in [0.25, 0.3) is 0 Å². The molecule has 0 unspecified atom stereocenters. The number of nitrogens with zero attached hydrogens (tertiary/aromatic N) is 2. The molecule has 1 aliphatic heterocycles. The Morgan fingerprint density at radius 3 is 2.29 bits per heavy atom. The predicted molar refractivity (Wildman–Crippen MR) is 78.1 cm³/mol. The number of amides is 1. The lowest BCUT2D eigenvalue weighted by atomic mass is 10.1. The summed E-state index contributed by atoms with van der Waals surface area (Å²) >= 11 is 5.85. The van der Waals surface area contributed by atoms with E-state index in [1.54, 1.807) is 4.90 Å². The van der Waals surface area contributed by atoms with Gasteiger partial charge in [-0.05, 0) is 23.3 Å². The van der Waals surface area contributed by atoms with E-state index < -0.39 is 4.92 Å². The molecule has 0 radical (unpaired) electrons. The van der Waals surface area contributed by atoms with Gasteiger partial charge in [0.15, 0.2) is 0 Å². The van der Waals surface area contributed by atoms with Crippen LogP contribution in [0.4, 0.5) is 5.69 Å². The monoisotopic (exact) mass is 302 g/mol. The number of carbonyl (C=O) groups is 1. The predicted octanol–water partition coefficient (Wildman–Crippen LogP) is 3.40. The van der Waals surface area contributed by atoms with Gasteiger partial charge in [-0.15, -0.1) is 0 Å². The molecule has 0 aliphatic carbocycles. The van der Waals surface area contributed by atoms with E-state index in [2.05, 4.69) is 0 Å². The molecule has 5 nitrogen and oxygen atoms in total. The highest BCUT2D eigenvalue weighted by Crippen LogP contribution is 2.28. The summed E-state index contributed by atoms with van der Waals surface area (Å²) in [4.78, 5) is 24.3. The minimum atomic E-state index is -0.567. The van der Waals surface area contributed by atoms with Crippen molar-refractivity contribution < 1.29 is 9.72 Å². The van der Waals surface area contributed by atoms with Gasteiger partial charge in [-0.3, -0.25) is 14.9 Å². The third-order valence-corrected chi connectivity index (χ3v) is 3.82. The van der Waals surface area contributed by atoms with Gasteiger partial charge >= 0.3 is 0 Å². The standard InChI is InChI=1S/C15H11ClN2O3/c16-13-7-10(5-6-14(13)18(20)21)15(19)17-8-11-3-1-2-4-12(11)9-17/h1-7H,8-9H2. The molecule has 21 heavy (non-hydrogen) atoms. The van der Waals surface area contributed by atoms with E-state index in [0.717, 1.165) is 11.1 Å².